The van der Waals surface area contributed by atoms with Crippen molar-refractivity contribution in [1.82, 2.24) is 4.90 Å². The van der Waals surface area contributed by atoms with Gasteiger partial charge in [0.1, 0.15) is 0 Å². The number of fused-ring (bicyclic) bond motifs is 1. The number of aliphatic hydroxyl groups is 1. The Bertz CT molecular complexity index is 183. The molecule has 2 atom stereocenters. The smallest absolute Gasteiger partial charge is 0.412 e. The Balaban J connectivity index is 1.89. The van der Waals surface area contributed by atoms with Crippen molar-refractivity contribution in [3.05, 3.63) is 0 Å². The molecule has 4 nitrogen and oxygen atoms in total. The fourth-order valence-corrected chi connectivity index (χ4v) is 1.76. The number of carbonyl (C=O) groups excluding carboxylic acids is 1. The van der Waals surface area contributed by atoms with E-state index >= 15 is 0 Å². The number of amides is 1. The molecular formula is C7H11NO3. The highest BCUT2D eigenvalue weighted by Crippen LogP contribution is 2.44. The Hall–Kier alpha value is -0.770. The van der Waals surface area contributed by atoms with Crippen molar-refractivity contribution >= 4 is 6.09 Å². The van der Waals surface area contributed by atoms with Crippen molar-refractivity contribution in [2.24, 2.45) is 5.92 Å². The van der Waals surface area contributed by atoms with E-state index in [4.69, 9.17) is 5.11 Å². The Morgan fingerprint density at radius 3 is 3.00 bits per heavy atom. The number of hydrogen-bond donors (Lipinski definition) is 1. The SMILES string of the molecule is O=C(OCO)N1CCC2CC21. The number of ether oxygens (including phenoxy) is 1. The van der Waals surface area contributed by atoms with Crippen LogP contribution in [0.3, 0.4) is 0 Å². The second kappa shape index (κ2) is 2.37. The van der Waals surface area contributed by atoms with E-state index in [0.717, 1.165) is 25.3 Å². The van der Waals surface area contributed by atoms with Crippen molar-refractivity contribution in [3.63, 3.8) is 0 Å². The van der Waals surface area contributed by atoms with Crippen LogP contribution in [0.25, 0.3) is 0 Å². The first-order chi connectivity index (χ1) is 5.33. The molecule has 0 aromatic rings. The minimum Gasteiger partial charge on any atom is -0.422 e. The molecule has 1 N–H and O–H groups in total. The van der Waals surface area contributed by atoms with Crippen molar-refractivity contribution < 1.29 is 14.6 Å². The molecule has 1 aliphatic carbocycles. The molecule has 2 fully saturated rings. The summed E-state index contributed by atoms with van der Waals surface area (Å²) in [4.78, 5) is 12.7. The van der Waals surface area contributed by atoms with Crippen molar-refractivity contribution in [1.29, 1.82) is 0 Å². The topological polar surface area (TPSA) is 49.8 Å². The predicted molar refractivity (Wildman–Crippen MR) is 36.8 cm³/mol. The first-order valence-corrected chi connectivity index (χ1v) is 3.87. The Labute approximate surface area is 64.7 Å². The van der Waals surface area contributed by atoms with E-state index in [9.17, 15) is 4.79 Å². The molecule has 4 heteroatoms. The molecule has 1 saturated carbocycles. The highest BCUT2D eigenvalue weighted by molar-refractivity contribution is 5.69. The second-order valence-corrected chi connectivity index (χ2v) is 3.08. The number of likely N-dealkylation sites (tertiary alicyclic amines) is 1. The molecule has 0 radical (unpaired) electrons. The first kappa shape index (κ1) is 6.91. The molecule has 62 valence electrons. The zero-order valence-electron chi connectivity index (χ0n) is 6.19. The minimum atomic E-state index is -0.507. The van der Waals surface area contributed by atoms with Gasteiger partial charge in [0.15, 0.2) is 6.79 Å². The summed E-state index contributed by atoms with van der Waals surface area (Å²) < 4.78 is 4.47. The summed E-state index contributed by atoms with van der Waals surface area (Å²) >= 11 is 0. The summed E-state index contributed by atoms with van der Waals surface area (Å²) in [6, 6.07) is 0.425. The fraction of sp³-hybridized carbons (Fsp3) is 0.857. The standard InChI is InChI=1S/C7H11NO3/c9-4-11-7(10)8-2-1-5-3-6(5)8/h5-6,9H,1-4H2. The van der Waals surface area contributed by atoms with Gasteiger partial charge in [-0.2, -0.15) is 0 Å². The molecule has 2 unspecified atom stereocenters. The zero-order chi connectivity index (χ0) is 7.84. The van der Waals surface area contributed by atoms with Crippen LogP contribution in [0.5, 0.6) is 0 Å². The van der Waals surface area contributed by atoms with Crippen LogP contribution in [-0.2, 0) is 4.74 Å². The van der Waals surface area contributed by atoms with Crippen molar-refractivity contribution in [2.75, 3.05) is 13.3 Å². The molecule has 1 amide bonds. The molecule has 1 heterocycles. The highest BCUT2D eigenvalue weighted by Gasteiger charge is 2.49. The largest absolute Gasteiger partial charge is 0.422 e. The summed E-state index contributed by atoms with van der Waals surface area (Å²) in [5.74, 6) is 0.723. The van der Waals surface area contributed by atoms with Gasteiger partial charge in [0.05, 0.1) is 0 Å². The number of hydrogen-bond acceptors (Lipinski definition) is 3. The molecule has 1 aliphatic heterocycles. The number of aliphatic hydroxyl groups excluding tert-OH is 1. The van der Waals surface area contributed by atoms with Gasteiger partial charge in [-0.15, -0.1) is 0 Å². The van der Waals surface area contributed by atoms with E-state index in [2.05, 4.69) is 4.74 Å². The lowest BCUT2D eigenvalue weighted by molar-refractivity contribution is 0.0233. The molecule has 2 rings (SSSR count). The third kappa shape index (κ3) is 1.07. The van der Waals surface area contributed by atoms with Crippen LogP contribution in [0.2, 0.25) is 0 Å². The second-order valence-electron chi connectivity index (χ2n) is 3.08. The summed E-state index contributed by atoms with van der Waals surface area (Å²) in [6.07, 6.45) is 1.86. The van der Waals surface area contributed by atoms with Crippen LogP contribution < -0.4 is 0 Å². The average molecular weight is 157 g/mol. The van der Waals surface area contributed by atoms with Crippen molar-refractivity contribution in [3.8, 4) is 0 Å². The summed E-state index contributed by atoms with van der Waals surface area (Å²) in [5, 5.41) is 8.33. The van der Waals surface area contributed by atoms with E-state index in [-0.39, 0.29) is 6.09 Å². The molecule has 0 aromatic carbocycles. The van der Waals surface area contributed by atoms with Crippen molar-refractivity contribution in [2.45, 2.75) is 18.9 Å². The maximum atomic E-state index is 11.0. The van der Waals surface area contributed by atoms with E-state index in [0.29, 0.717) is 6.04 Å². The number of rotatable bonds is 1. The average Bonchev–Trinajstić information content (AvgIpc) is 2.63. The predicted octanol–water partition coefficient (Wildman–Crippen LogP) is 0.167. The Kier molecular flexibility index (Phi) is 1.49. The normalized spacial score (nSPS) is 33.4. The van der Waals surface area contributed by atoms with Crippen LogP contribution in [0.4, 0.5) is 4.79 Å². The summed E-state index contributed by atoms with van der Waals surface area (Å²) in [7, 11) is 0. The molecular weight excluding hydrogens is 146 g/mol. The van der Waals surface area contributed by atoms with E-state index < -0.39 is 6.79 Å². The third-order valence-corrected chi connectivity index (χ3v) is 2.45. The van der Waals surface area contributed by atoms with Gasteiger partial charge in [-0.05, 0) is 18.8 Å². The van der Waals surface area contributed by atoms with Gasteiger partial charge in [-0.1, -0.05) is 0 Å². The van der Waals surface area contributed by atoms with Gasteiger partial charge in [-0.3, -0.25) is 0 Å². The third-order valence-electron chi connectivity index (χ3n) is 2.45. The Morgan fingerprint density at radius 1 is 1.73 bits per heavy atom. The van der Waals surface area contributed by atoms with E-state index in [1.54, 1.807) is 4.90 Å². The van der Waals surface area contributed by atoms with Gasteiger partial charge in [0.2, 0.25) is 0 Å². The zero-order valence-corrected chi connectivity index (χ0v) is 6.19. The maximum Gasteiger partial charge on any atom is 0.412 e. The molecule has 0 spiro atoms. The van der Waals surface area contributed by atoms with Gasteiger partial charge in [0, 0.05) is 12.6 Å². The molecule has 0 bridgehead atoms. The summed E-state index contributed by atoms with van der Waals surface area (Å²) in [5.41, 5.74) is 0. The molecule has 2 aliphatic rings. The van der Waals surface area contributed by atoms with Gasteiger partial charge in [0.25, 0.3) is 0 Å². The number of piperidine rings is 1. The molecule has 11 heavy (non-hydrogen) atoms. The van der Waals surface area contributed by atoms with Gasteiger partial charge in [-0.25, -0.2) is 4.79 Å². The monoisotopic (exact) mass is 157 g/mol. The van der Waals surface area contributed by atoms with Crippen LogP contribution in [-0.4, -0.2) is 35.5 Å². The van der Waals surface area contributed by atoms with E-state index in [1.165, 1.54) is 0 Å². The summed E-state index contributed by atoms with van der Waals surface area (Å²) in [6.45, 7) is 0.293. The lowest BCUT2D eigenvalue weighted by Gasteiger charge is -2.16. The lowest BCUT2D eigenvalue weighted by Crippen LogP contribution is -2.31. The van der Waals surface area contributed by atoms with Crippen LogP contribution >= 0.6 is 0 Å². The van der Waals surface area contributed by atoms with Gasteiger partial charge >= 0.3 is 6.09 Å². The maximum absolute atomic E-state index is 11.0. The molecule has 0 aromatic heterocycles. The highest BCUT2D eigenvalue weighted by atomic mass is 16.6. The molecule has 1 saturated heterocycles. The van der Waals surface area contributed by atoms with Crippen LogP contribution in [0.1, 0.15) is 12.8 Å². The van der Waals surface area contributed by atoms with Crippen LogP contribution in [0.15, 0.2) is 0 Å². The quantitative estimate of drug-likeness (QED) is 0.552. The van der Waals surface area contributed by atoms with Crippen LogP contribution in [0, 0.1) is 5.92 Å². The van der Waals surface area contributed by atoms with E-state index in [1.807, 2.05) is 0 Å². The Morgan fingerprint density at radius 2 is 2.55 bits per heavy atom. The first-order valence-electron chi connectivity index (χ1n) is 3.87. The fourth-order valence-electron chi connectivity index (χ4n) is 1.76. The lowest BCUT2D eigenvalue weighted by atomic mass is 10.3. The van der Waals surface area contributed by atoms with Gasteiger partial charge < -0.3 is 14.7 Å². The number of nitrogens with zero attached hydrogens (tertiary/aromatic N) is 1. The number of carbonyl (C=O) groups is 1. The minimum absolute atomic E-state index is 0.363.